The molecule has 0 unspecified atom stereocenters. The quantitative estimate of drug-likeness (QED) is 0.591. The zero-order chi connectivity index (χ0) is 21.7. The Bertz CT molecular complexity index is 962. The van der Waals surface area contributed by atoms with Gasteiger partial charge in [0.1, 0.15) is 0 Å². The number of para-hydroxylation sites is 1. The Morgan fingerprint density at radius 2 is 1.97 bits per heavy atom. The predicted molar refractivity (Wildman–Crippen MR) is 108 cm³/mol. The fourth-order valence-corrected chi connectivity index (χ4v) is 3.53. The summed E-state index contributed by atoms with van der Waals surface area (Å²) in [5, 5.41) is 18.2. The summed E-state index contributed by atoms with van der Waals surface area (Å²) < 4.78 is 19.5. The molecule has 0 saturated heterocycles. The summed E-state index contributed by atoms with van der Waals surface area (Å²) in [5.74, 6) is -1.94. The lowest BCUT2D eigenvalue weighted by Gasteiger charge is -2.27. The molecule has 3 rings (SSSR count). The first-order valence-electron chi connectivity index (χ1n) is 9.70. The molecule has 30 heavy (non-hydrogen) atoms. The minimum Gasteiger partial charge on any atom is -0.475 e. The number of carbonyl (C=O) groups is 1. The van der Waals surface area contributed by atoms with Crippen LogP contribution < -0.4 is 5.56 Å². The van der Waals surface area contributed by atoms with E-state index in [0.717, 1.165) is 11.4 Å². The van der Waals surface area contributed by atoms with E-state index in [1.807, 2.05) is 37.3 Å². The summed E-state index contributed by atoms with van der Waals surface area (Å²) in [7, 11) is 1.79. The normalized spacial score (nSPS) is 18.7. The molecule has 0 saturated carbocycles. The molecule has 2 aromatic rings. The molecular formula is C21H26N2O7. The van der Waals surface area contributed by atoms with Crippen LogP contribution >= 0.6 is 0 Å². The van der Waals surface area contributed by atoms with Crippen molar-refractivity contribution in [3.63, 3.8) is 0 Å². The van der Waals surface area contributed by atoms with Gasteiger partial charge in [-0.05, 0) is 25.1 Å². The maximum absolute atomic E-state index is 13.3. The van der Waals surface area contributed by atoms with Crippen LogP contribution in [-0.2, 0) is 26.1 Å². The summed E-state index contributed by atoms with van der Waals surface area (Å²) in [6.45, 7) is 2.35. The molecule has 1 aliphatic heterocycles. The van der Waals surface area contributed by atoms with Gasteiger partial charge in [-0.1, -0.05) is 18.2 Å². The molecule has 2 heterocycles. The number of carboxylic acid groups (broad SMARTS) is 1. The van der Waals surface area contributed by atoms with Crippen LogP contribution in [0.15, 0.2) is 47.0 Å². The second kappa shape index (κ2) is 9.75. The van der Waals surface area contributed by atoms with Crippen LogP contribution in [0.3, 0.4) is 0 Å². The third kappa shape index (κ3) is 4.64. The maximum atomic E-state index is 13.3. The second-order valence-corrected chi connectivity index (χ2v) is 6.91. The van der Waals surface area contributed by atoms with E-state index in [1.165, 1.54) is 6.08 Å². The molecule has 9 nitrogen and oxygen atoms in total. The summed E-state index contributed by atoms with van der Waals surface area (Å²) in [6.07, 6.45) is 0.933. The topological polar surface area (TPSA) is 112 Å². The number of benzene rings is 1. The number of nitrogens with zero attached hydrogens (tertiary/aromatic N) is 2. The number of aliphatic hydroxyl groups excluding tert-OH is 1. The van der Waals surface area contributed by atoms with Crippen molar-refractivity contribution in [1.82, 2.24) is 9.36 Å². The third-order valence-corrected chi connectivity index (χ3v) is 5.00. The molecule has 0 bridgehead atoms. The Hall–Kier alpha value is -2.88. The van der Waals surface area contributed by atoms with Crippen LogP contribution in [0.25, 0.3) is 5.69 Å². The Labute approximate surface area is 173 Å². The van der Waals surface area contributed by atoms with Gasteiger partial charge >= 0.3 is 5.97 Å². The molecule has 1 aromatic carbocycles. The molecule has 9 heteroatoms. The van der Waals surface area contributed by atoms with Gasteiger partial charge in [-0.3, -0.25) is 9.48 Å². The van der Waals surface area contributed by atoms with Gasteiger partial charge in [0.2, 0.25) is 12.0 Å². The van der Waals surface area contributed by atoms with Gasteiger partial charge in [0.25, 0.3) is 5.56 Å². The number of aliphatic carboxylic acids is 1. The fourth-order valence-electron chi connectivity index (χ4n) is 3.53. The van der Waals surface area contributed by atoms with E-state index in [4.69, 9.17) is 19.3 Å². The van der Waals surface area contributed by atoms with Gasteiger partial charge < -0.3 is 24.4 Å². The van der Waals surface area contributed by atoms with E-state index in [9.17, 15) is 14.7 Å². The largest absolute Gasteiger partial charge is 0.475 e. The molecule has 0 fully saturated rings. The molecular weight excluding hydrogens is 392 g/mol. The zero-order valence-electron chi connectivity index (χ0n) is 17.0. The van der Waals surface area contributed by atoms with E-state index < -0.39 is 18.2 Å². The first-order chi connectivity index (χ1) is 14.4. The number of ether oxygens (including phenoxy) is 3. The molecule has 1 aromatic heterocycles. The highest BCUT2D eigenvalue weighted by Gasteiger charge is 2.32. The minimum atomic E-state index is -1.22. The van der Waals surface area contributed by atoms with Crippen LogP contribution in [0.1, 0.15) is 23.6 Å². The van der Waals surface area contributed by atoms with Gasteiger partial charge in [-0.15, -0.1) is 0 Å². The maximum Gasteiger partial charge on any atom is 0.370 e. The van der Waals surface area contributed by atoms with Crippen LogP contribution in [0.2, 0.25) is 0 Å². The summed E-state index contributed by atoms with van der Waals surface area (Å²) >= 11 is 0. The average Bonchev–Trinajstić information content (AvgIpc) is 2.96. The van der Waals surface area contributed by atoms with Crippen LogP contribution in [0.4, 0.5) is 0 Å². The number of carboxylic acids is 1. The van der Waals surface area contributed by atoms with Crippen molar-refractivity contribution in [3.05, 3.63) is 63.8 Å². The highest BCUT2D eigenvalue weighted by molar-refractivity contribution is 5.84. The van der Waals surface area contributed by atoms with Crippen molar-refractivity contribution < 1.29 is 29.2 Å². The SMILES string of the molecule is Cc1c([C@@H]2C=C(C(=O)O)O[C@H](OCCOCCO)C2)c(=O)n(-c2ccccc2)n1C. The van der Waals surface area contributed by atoms with Crippen molar-refractivity contribution in [1.29, 1.82) is 0 Å². The first-order valence-corrected chi connectivity index (χ1v) is 9.70. The number of allylic oxidation sites excluding steroid dienone is 1. The van der Waals surface area contributed by atoms with Crippen LogP contribution in [0.5, 0.6) is 0 Å². The highest BCUT2D eigenvalue weighted by atomic mass is 16.7. The Morgan fingerprint density at radius 1 is 1.23 bits per heavy atom. The van der Waals surface area contributed by atoms with Crippen molar-refractivity contribution in [2.45, 2.75) is 25.6 Å². The Kier molecular flexibility index (Phi) is 7.09. The fraction of sp³-hybridized carbons (Fsp3) is 0.429. The molecule has 162 valence electrons. The minimum absolute atomic E-state index is 0.0884. The first kappa shape index (κ1) is 21.8. The van der Waals surface area contributed by atoms with Crippen LogP contribution in [-0.4, -0.2) is 58.3 Å². The number of hydrogen-bond acceptors (Lipinski definition) is 6. The number of aliphatic hydroxyl groups is 1. The number of rotatable bonds is 9. The molecule has 2 atom stereocenters. The van der Waals surface area contributed by atoms with Gasteiger partial charge in [0.15, 0.2) is 0 Å². The molecule has 0 radical (unpaired) electrons. The lowest BCUT2D eigenvalue weighted by molar-refractivity contribution is -0.160. The lowest BCUT2D eigenvalue weighted by Crippen LogP contribution is -2.30. The molecule has 2 N–H and O–H groups in total. The monoisotopic (exact) mass is 418 g/mol. The van der Waals surface area contributed by atoms with Crippen molar-refractivity contribution in [2.24, 2.45) is 7.05 Å². The molecule has 0 aliphatic carbocycles. The zero-order valence-corrected chi connectivity index (χ0v) is 17.0. The molecule has 0 amide bonds. The Morgan fingerprint density at radius 3 is 2.63 bits per heavy atom. The van der Waals surface area contributed by atoms with E-state index in [2.05, 4.69) is 0 Å². The predicted octanol–water partition coefficient (Wildman–Crippen LogP) is 1.31. The lowest BCUT2D eigenvalue weighted by atomic mass is 9.93. The standard InChI is InChI=1S/C21H26N2O7/c1-14-19(20(25)23(22(14)2)16-6-4-3-5-7-16)15-12-17(21(26)27)30-18(13-15)29-11-10-28-9-8-24/h3-7,12,15,18,24H,8-11,13H2,1-2H3,(H,26,27)/t15-,18+/m1/s1. The van der Waals surface area contributed by atoms with E-state index in [1.54, 1.807) is 16.4 Å². The van der Waals surface area contributed by atoms with Crippen molar-refractivity contribution in [3.8, 4) is 5.69 Å². The number of aromatic nitrogens is 2. The summed E-state index contributed by atoms with van der Waals surface area (Å²) in [5.41, 5.74) is 1.76. The van der Waals surface area contributed by atoms with Crippen LogP contribution in [0, 0.1) is 6.92 Å². The highest BCUT2D eigenvalue weighted by Crippen LogP contribution is 2.32. The van der Waals surface area contributed by atoms with Gasteiger partial charge in [0, 0.05) is 30.6 Å². The van der Waals surface area contributed by atoms with E-state index in [-0.39, 0.29) is 37.7 Å². The average molecular weight is 418 g/mol. The van der Waals surface area contributed by atoms with Crippen molar-refractivity contribution >= 4 is 5.97 Å². The van der Waals surface area contributed by atoms with E-state index >= 15 is 0 Å². The van der Waals surface area contributed by atoms with Gasteiger partial charge in [-0.2, -0.15) is 0 Å². The summed E-state index contributed by atoms with van der Waals surface area (Å²) in [4.78, 5) is 24.8. The van der Waals surface area contributed by atoms with Gasteiger partial charge in [-0.25, -0.2) is 9.48 Å². The molecule has 0 spiro atoms. The van der Waals surface area contributed by atoms with Gasteiger partial charge in [0.05, 0.1) is 32.1 Å². The third-order valence-electron chi connectivity index (χ3n) is 5.00. The number of hydrogen-bond donors (Lipinski definition) is 2. The Balaban J connectivity index is 1.89. The second-order valence-electron chi connectivity index (χ2n) is 6.91. The van der Waals surface area contributed by atoms with E-state index in [0.29, 0.717) is 12.0 Å². The molecule has 1 aliphatic rings. The summed E-state index contributed by atoms with van der Waals surface area (Å²) in [6, 6.07) is 9.25. The smallest absolute Gasteiger partial charge is 0.370 e. The van der Waals surface area contributed by atoms with Crippen molar-refractivity contribution in [2.75, 3.05) is 26.4 Å².